The molecule has 0 spiro atoms. The summed E-state index contributed by atoms with van der Waals surface area (Å²) in [6, 6.07) is 31.1. The van der Waals surface area contributed by atoms with Crippen molar-refractivity contribution < 1.29 is 14.2 Å². The van der Waals surface area contributed by atoms with E-state index in [1.165, 1.54) is 15.5 Å². The third-order valence-electron chi connectivity index (χ3n) is 6.50. The van der Waals surface area contributed by atoms with E-state index < -0.39 is 5.91 Å². The molecule has 0 aliphatic carbocycles. The Morgan fingerprint density at radius 3 is 2.49 bits per heavy atom. The van der Waals surface area contributed by atoms with Crippen molar-refractivity contribution in [2.75, 3.05) is 5.73 Å². The number of hydrogen-bond acceptors (Lipinski definition) is 9. The summed E-state index contributed by atoms with van der Waals surface area (Å²) in [5, 5.41) is 22.2. The van der Waals surface area contributed by atoms with Crippen molar-refractivity contribution in [3.05, 3.63) is 114 Å². The molecule has 11 heteroatoms. The number of fused-ring (bicyclic) bond motifs is 1. The summed E-state index contributed by atoms with van der Waals surface area (Å²) in [6.45, 7) is 2.24. The highest BCUT2D eigenvalue weighted by molar-refractivity contribution is 6.02. The van der Waals surface area contributed by atoms with E-state index in [-0.39, 0.29) is 17.3 Å². The Hall–Kier alpha value is -5.84. The van der Waals surface area contributed by atoms with Gasteiger partial charge in [-0.25, -0.2) is 10.1 Å². The van der Waals surface area contributed by atoms with Crippen LogP contribution < -0.4 is 15.9 Å². The number of nitrogen functional groups attached to an aromatic ring is 1. The van der Waals surface area contributed by atoms with Gasteiger partial charge in [-0.05, 0) is 63.4 Å². The van der Waals surface area contributed by atoms with Gasteiger partial charge in [0.2, 0.25) is 11.6 Å². The van der Waals surface area contributed by atoms with E-state index in [1.54, 1.807) is 6.92 Å². The summed E-state index contributed by atoms with van der Waals surface area (Å²) in [7, 11) is 0. The number of benzene rings is 4. The fraction of sp³-hybridized carbons (Fsp3) is 0.0667. The van der Waals surface area contributed by atoms with Crippen LogP contribution >= 0.6 is 0 Å². The minimum Gasteiger partial charge on any atom is -0.489 e. The lowest BCUT2D eigenvalue weighted by atomic mass is 10.1. The van der Waals surface area contributed by atoms with Crippen LogP contribution in [0.3, 0.4) is 0 Å². The molecule has 2 heterocycles. The van der Waals surface area contributed by atoms with Crippen molar-refractivity contribution in [2.45, 2.75) is 13.5 Å². The molecule has 41 heavy (non-hydrogen) atoms. The average molecular weight is 545 g/mol. The maximum absolute atomic E-state index is 13.4. The molecule has 11 nitrogen and oxygen atoms in total. The number of carbonyl (C=O) groups excluding carboxylic acids is 1. The first-order chi connectivity index (χ1) is 20.1. The largest absolute Gasteiger partial charge is 0.489 e. The van der Waals surface area contributed by atoms with E-state index in [0.717, 1.165) is 16.9 Å². The minimum absolute atomic E-state index is 0.0361. The third kappa shape index (κ3) is 5.23. The Morgan fingerprint density at radius 1 is 0.951 bits per heavy atom. The van der Waals surface area contributed by atoms with Crippen molar-refractivity contribution >= 4 is 28.2 Å². The number of hydrazone groups is 1. The smallest absolute Gasteiger partial charge is 0.292 e. The summed E-state index contributed by atoms with van der Waals surface area (Å²) in [5.74, 6) is 0.168. The lowest BCUT2D eigenvalue weighted by Crippen LogP contribution is -2.23. The molecule has 0 saturated carbocycles. The molecule has 202 valence electrons. The van der Waals surface area contributed by atoms with Crippen LogP contribution in [-0.4, -0.2) is 36.9 Å². The predicted octanol–water partition coefficient (Wildman–Crippen LogP) is 4.79. The van der Waals surface area contributed by atoms with Gasteiger partial charge < -0.3 is 10.5 Å². The van der Waals surface area contributed by atoms with Crippen LogP contribution in [0.1, 0.15) is 28.5 Å². The molecule has 0 unspecified atom stereocenters. The van der Waals surface area contributed by atoms with Crippen molar-refractivity contribution in [1.82, 2.24) is 30.7 Å². The van der Waals surface area contributed by atoms with Crippen LogP contribution in [0.15, 0.2) is 107 Å². The van der Waals surface area contributed by atoms with Gasteiger partial charge in [0.1, 0.15) is 18.1 Å². The summed E-state index contributed by atoms with van der Waals surface area (Å²) < 4.78 is 11.9. The van der Waals surface area contributed by atoms with Gasteiger partial charge in [-0.15, -0.1) is 5.10 Å². The fourth-order valence-electron chi connectivity index (χ4n) is 4.39. The number of aromatic nitrogens is 5. The van der Waals surface area contributed by atoms with E-state index in [0.29, 0.717) is 23.6 Å². The molecule has 3 N–H and O–H groups in total. The van der Waals surface area contributed by atoms with Crippen molar-refractivity contribution in [3.8, 4) is 22.8 Å². The minimum atomic E-state index is -0.564. The summed E-state index contributed by atoms with van der Waals surface area (Å²) in [4.78, 5) is 13.4. The van der Waals surface area contributed by atoms with Crippen molar-refractivity contribution in [1.29, 1.82) is 0 Å². The number of hydrogen-bond donors (Lipinski definition) is 2. The number of rotatable bonds is 8. The predicted molar refractivity (Wildman–Crippen MR) is 153 cm³/mol. The molecule has 4 aromatic carbocycles. The van der Waals surface area contributed by atoms with Crippen LogP contribution in [0.2, 0.25) is 0 Å². The molecular weight excluding hydrogens is 520 g/mol. The Balaban J connectivity index is 1.18. The first kappa shape index (κ1) is 25.4. The molecule has 6 rings (SSSR count). The first-order valence-electron chi connectivity index (χ1n) is 12.7. The maximum atomic E-state index is 13.4. The molecule has 0 saturated heterocycles. The lowest BCUT2D eigenvalue weighted by Gasteiger charge is -2.10. The molecule has 1 amide bonds. The van der Waals surface area contributed by atoms with Gasteiger partial charge >= 0.3 is 0 Å². The van der Waals surface area contributed by atoms with Gasteiger partial charge in [0.15, 0.2) is 5.69 Å². The summed E-state index contributed by atoms with van der Waals surface area (Å²) >= 11 is 0. The second-order valence-electron chi connectivity index (χ2n) is 9.13. The first-order valence-corrected chi connectivity index (χ1v) is 12.7. The highest BCUT2D eigenvalue weighted by Gasteiger charge is 2.26. The molecule has 2 aromatic heterocycles. The van der Waals surface area contributed by atoms with Gasteiger partial charge in [-0.2, -0.15) is 9.78 Å². The number of amides is 1. The normalized spacial score (nSPS) is 11.5. The van der Waals surface area contributed by atoms with E-state index in [2.05, 4.69) is 55.4 Å². The van der Waals surface area contributed by atoms with Crippen LogP contribution in [0, 0.1) is 0 Å². The molecule has 0 fully saturated rings. The van der Waals surface area contributed by atoms with Crippen molar-refractivity contribution in [3.63, 3.8) is 0 Å². The quantitative estimate of drug-likeness (QED) is 0.205. The van der Waals surface area contributed by atoms with Gasteiger partial charge in [0, 0.05) is 5.56 Å². The molecule has 6 aromatic rings. The molecule has 0 aliphatic heterocycles. The average Bonchev–Trinajstić information content (AvgIpc) is 3.65. The van der Waals surface area contributed by atoms with Crippen LogP contribution in [0.25, 0.3) is 27.8 Å². The van der Waals surface area contributed by atoms with Gasteiger partial charge in [-0.1, -0.05) is 78.0 Å². The zero-order valence-electron chi connectivity index (χ0n) is 21.9. The maximum Gasteiger partial charge on any atom is 0.292 e. The standard InChI is InChI=1S/C30H24N8O3/c1-19(20-14-16-24(17-15-20)40-18-23-12-7-11-21-8-5-6-13-25(21)23)32-34-30(39)27-26(22-9-3-2-4-10-22)33-37-38(27)29-28(31)35-41-36-29/h2-17H,18H2,1H3,(H2,31,35)(H,34,39)/b32-19+. The van der Waals surface area contributed by atoms with Crippen LogP contribution in [-0.2, 0) is 6.61 Å². The second-order valence-corrected chi connectivity index (χ2v) is 9.13. The third-order valence-corrected chi connectivity index (χ3v) is 6.50. The fourth-order valence-corrected chi connectivity index (χ4v) is 4.39. The SMILES string of the molecule is C/C(=N\NC(=O)c1c(-c2ccccc2)nnn1-c1nonc1N)c1ccc(OCc2cccc3ccccc23)cc1. The second kappa shape index (κ2) is 11.1. The van der Waals surface area contributed by atoms with Crippen molar-refractivity contribution in [2.24, 2.45) is 5.10 Å². The molecule has 0 bridgehead atoms. The number of nitrogens with zero attached hydrogens (tertiary/aromatic N) is 6. The highest BCUT2D eigenvalue weighted by atomic mass is 16.6. The van der Waals surface area contributed by atoms with Gasteiger partial charge in [-0.3, -0.25) is 4.79 Å². The zero-order valence-corrected chi connectivity index (χ0v) is 21.9. The van der Waals surface area contributed by atoms with Crippen LogP contribution in [0.4, 0.5) is 5.82 Å². The Labute approximate surface area is 234 Å². The number of anilines is 1. The summed E-state index contributed by atoms with van der Waals surface area (Å²) in [5.41, 5.74) is 12.0. The molecule has 0 atom stereocenters. The molecule has 0 radical (unpaired) electrons. The topological polar surface area (TPSA) is 146 Å². The van der Waals surface area contributed by atoms with Crippen LogP contribution in [0.5, 0.6) is 5.75 Å². The number of nitrogens with one attached hydrogen (secondary N) is 1. The highest BCUT2D eigenvalue weighted by Crippen LogP contribution is 2.25. The molecular formula is C30H24N8O3. The Morgan fingerprint density at radius 2 is 1.71 bits per heavy atom. The Kier molecular flexibility index (Phi) is 6.89. The monoisotopic (exact) mass is 544 g/mol. The van der Waals surface area contributed by atoms with E-state index >= 15 is 0 Å². The van der Waals surface area contributed by atoms with E-state index in [9.17, 15) is 4.79 Å². The zero-order chi connectivity index (χ0) is 28.2. The van der Waals surface area contributed by atoms with Gasteiger partial charge in [0.05, 0.1) is 5.71 Å². The number of nitrogens with two attached hydrogens (primary N) is 1. The van der Waals surface area contributed by atoms with E-state index in [4.69, 9.17) is 15.1 Å². The Bertz CT molecular complexity index is 1860. The van der Waals surface area contributed by atoms with E-state index in [1.807, 2.05) is 72.8 Å². The lowest BCUT2D eigenvalue weighted by molar-refractivity contribution is 0.0947. The molecule has 0 aliphatic rings. The number of carbonyl (C=O) groups is 1. The summed E-state index contributed by atoms with van der Waals surface area (Å²) in [6.07, 6.45) is 0. The van der Waals surface area contributed by atoms with Gasteiger partial charge in [0.25, 0.3) is 5.91 Å². The number of ether oxygens (including phenoxy) is 1.